The molecule has 0 saturated heterocycles. The van der Waals surface area contributed by atoms with Gasteiger partial charge < -0.3 is 4.98 Å². The molecule has 1 aliphatic rings. The Balaban J connectivity index is 1.59. The van der Waals surface area contributed by atoms with Crippen LogP contribution in [-0.2, 0) is 6.54 Å². The zero-order chi connectivity index (χ0) is 26.6. The molecule has 4 aromatic rings. The molecule has 15 heteroatoms. The number of H-pyrrole nitrogens is 2. The van der Waals surface area contributed by atoms with E-state index in [4.69, 9.17) is 0 Å². The van der Waals surface area contributed by atoms with Crippen LogP contribution in [0.15, 0.2) is 44.9 Å². The first kappa shape index (κ1) is 24.3. The van der Waals surface area contributed by atoms with Gasteiger partial charge >= 0.3 is 11.9 Å². The zero-order valence-electron chi connectivity index (χ0n) is 19.0. The van der Waals surface area contributed by atoms with Crippen LogP contribution in [0, 0.1) is 18.8 Å². The Labute approximate surface area is 203 Å². The van der Waals surface area contributed by atoms with Crippen LogP contribution in [0.4, 0.5) is 22.0 Å². The molecule has 0 radical (unpaired) electrons. The largest absolute Gasteiger partial charge is 0.408 e. The fourth-order valence-corrected chi connectivity index (χ4v) is 4.34. The number of imidazole rings is 1. The summed E-state index contributed by atoms with van der Waals surface area (Å²) < 4.78 is 70.4. The molecule has 0 aliphatic heterocycles. The molecular weight excluding hydrogens is 503 g/mol. The van der Waals surface area contributed by atoms with Crippen LogP contribution >= 0.6 is 0 Å². The number of nitrogens with zero attached hydrogens (tertiary/aromatic N) is 6. The van der Waals surface area contributed by atoms with Crippen LogP contribution < -0.4 is 11.2 Å². The van der Waals surface area contributed by atoms with Crippen LogP contribution in [0.25, 0.3) is 22.7 Å². The van der Waals surface area contributed by atoms with Gasteiger partial charge in [-0.05, 0) is 37.6 Å². The molecule has 5 rings (SSSR count). The van der Waals surface area contributed by atoms with Gasteiger partial charge in [0, 0.05) is 17.7 Å². The van der Waals surface area contributed by atoms with Gasteiger partial charge in [-0.15, -0.1) is 0 Å². The Hall–Kier alpha value is -4.43. The normalized spacial score (nSPS) is 18.2. The molecule has 0 bridgehead atoms. The Morgan fingerprint density at radius 1 is 1.30 bits per heavy atom. The summed E-state index contributed by atoms with van der Waals surface area (Å²) >= 11 is 0. The predicted molar refractivity (Wildman–Crippen MR) is 121 cm³/mol. The number of rotatable bonds is 6. The lowest BCUT2D eigenvalue weighted by atomic mass is 10.1. The maximum atomic E-state index is 15.6. The molecule has 4 aromatic heterocycles. The van der Waals surface area contributed by atoms with E-state index in [1.807, 2.05) is 0 Å². The Morgan fingerprint density at radius 3 is 2.73 bits per heavy atom. The molecule has 192 valence electrons. The van der Waals surface area contributed by atoms with Gasteiger partial charge in [0.05, 0.1) is 29.3 Å². The number of halogens is 5. The predicted octanol–water partition coefficient (Wildman–Crippen LogP) is 3.12. The van der Waals surface area contributed by atoms with Gasteiger partial charge in [-0.1, -0.05) is 0 Å². The highest BCUT2D eigenvalue weighted by Gasteiger charge is 2.45. The highest BCUT2D eigenvalue weighted by Crippen LogP contribution is 2.55. The maximum Gasteiger partial charge on any atom is 0.408 e. The molecule has 0 amide bonds. The quantitative estimate of drug-likeness (QED) is 0.299. The number of hydrogen-bond acceptors (Lipinski definition) is 6. The number of aliphatic imine (C=N–C) groups is 1. The third kappa shape index (κ3) is 4.36. The Kier molecular flexibility index (Phi) is 5.64. The van der Waals surface area contributed by atoms with Gasteiger partial charge in [-0.25, -0.2) is 14.2 Å². The summed E-state index contributed by atoms with van der Waals surface area (Å²) in [5.41, 5.74) is -1.39. The molecule has 10 nitrogen and oxygen atoms in total. The van der Waals surface area contributed by atoms with Crippen molar-refractivity contribution in [3.8, 4) is 11.3 Å². The highest BCUT2D eigenvalue weighted by atomic mass is 19.4. The van der Waals surface area contributed by atoms with E-state index in [0.717, 1.165) is 23.1 Å². The van der Waals surface area contributed by atoms with Crippen molar-refractivity contribution >= 4 is 18.2 Å². The van der Waals surface area contributed by atoms with Crippen LogP contribution in [-0.4, -0.2) is 47.2 Å². The minimum Gasteiger partial charge on any atom is -0.313 e. The van der Waals surface area contributed by atoms with Crippen molar-refractivity contribution in [2.75, 3.05) is 0 Å². The van der Waals surface area contributed by atoms with E-state index in [9.17, 15) is 27.2 Å². The van der Waals surface area contributed by atoms with E-state index in [-0.39, 0.29) is 33.9 Å². The number of alkyl halides is 3. The lowest BCUT2D eigenvalue weighted by molar-refractivity contribution is -0.142. The Morgan fingerprint density at radius 2 is 2.05 bits per heavy atom. The van der Waals surface area contributed by atoms with Crippen molar-refractivity contribution in [3.05, 3.63) is 74.0 Å². The number of aryl methyl sites for hydroxylation is 1. The minimum absolute atomic E-state index is 0.0132. The average molecular weight is 520 g/mol. The summed E-state index contributed by atoms with van der Waals surface area (Å²) in [6, 6.07) is 1.47. The monoisotopic (exact) mass is 520 g/mol. The first-order valence-electron chi connectivity index (χ1n) is 10.8. The first-order valence-corrected chi connectivity index (χ1v) is 10.8. The van der Waals surface area contributed by atoms with Gasteiger partial charge in [0.15, 0.2) is 11.5 Å². The van der Waals surface area contributed by atoms with E-state index >= 15 is 4.39 Å². The molecule has 37 heavy (non-hydrogen) atoms. The summed E-state index contributed by atoms with van der Waals surface area (Å²) in [6.45, 7) is 3.33. The fraction of sp³-hybridized carbons (Fsp3) is 0.273. The van der Waals surface area contributed by atoms with Crippen LogP contribution in [0.3, 0.4) is 0 Å². The van der Waals surface area contributed by atoms with Gasteiger partial charge in [-0.2, -0.15) is 32.3 Å². The molecule has 4 heterocycles. The smallest absolute Gasteiger partial charge is 0.313 e. The molecule has 0 aromatic carbocycles. The molecule has 1 aliphatic carbocycles. The number of hydrogen-bond donors (Lipinski definition) is 2. The van der Waals surface area contributed by atoms with Gasteiger partial charge in [-0.3, -0.25) is 19.5 Å². The van der Waals surface area contributed by atoms with Gasteiger partial charge in [0.2, 0.25) is 5.95 Å². The topological polar surface area (TPSA) is 126 Å². The van der Waals surface area contributed by atoms with Crippen LogP contribution in [0.5, 0.6) is 0 Å². The minimum atomic E-state index is -4.62. The summed E-state index contributed by atoms with van der Waals surface area (Å²) in [6.07, 6.45) is -1.16. The van der Waals surface area contributed by atoms with Crippen LogP contribution in [0.2, 0.25) is 0 Å². The van der Waals surface area contributed by atoms with Crippen molar-refractivity contribution in [2.45, 2.75) is 32.0 Å². The molecule has 2 N–H and O–H groups in total. The lowest BCUT2D eigenvalue weighted by Crippen LogP contribution is -2.23. The third-order valence-electron chi connectivity index (χ3n) is 6.05. The number of aromatic amines is 2. The summed E-state index contributed by atoms with van der Waals surface area (Å²) in [5, 5.41) is 7.72. The second-order valence-corrected chi connectivity index (χ2v) is 8.54. The van der Waals surface area contributed by atoms with E-state index < -0.39 is 47.6 Å². The molecule has 2 atom stereocenters. The summed E-state index contributed by atoms with van der Waals surface area (Å²) in [5.74, 6) is -2.94. The second-order valence-electron chi connectivity index (χ2n) is 8.54. The number of allylic oxidation sites excluding steroid dienone is 1. The van der Waals surface area contributed by atoms with Crippen molar-refractivity contribution in [1.29, 1.82) is 0 Å². The van der Waals surface area contributed by atoms with Crippen molar-refractivity contribution in [2.24, 2.45) is 10.9 Å². The standard InChI is InChI=1S/C22H17F5N8O2/c1-9-5-31-34(8-22(25,26)27)18(9)16(24)17(28-2)11-3-10(11)12-4-14(13-6-30-21(37)32-20(13)36)33-35-15(23)7-29-19(12)35/h4-7,10-11H,2-3,8H2,1H3,(H2,30,32,36,37)/b17-16+/t10-,11-/m0/s1. The number of fused-ring (bicyclic) bond motifs is 1. The Bertz CT molecular complexity index is 1690. The molecular formula is C22H17F5N8O2. The lowest BCUT2D eigenvalue weighted by Gasteiger charge is -2.12. The van der Waals surface area contributed by atoms with Crippen molar-refractivity contribution < 1.29 is 22.0 Å². The zero-order valence-corrected chi connectivity index (χ0v) is 19.0. The van der Waals surface area contributed by atoms with Gasteiger partial charge in [0.1, 0.15) is 12.2 Å². The van der Waals surface area contributed by atoms with E-state index in [1.165, 1.54) is 13.0 Å². The third-order valence-corrected chi connectivity index (χ3v) is 6.05. The number of nitrogens with one attached hydrogen (secondary N) is 2. The fourth-order valence-electron chi connectivity index (χ4n) is 4.34. The summed E-state index contributed by atoms with van der Waals surface area (Å²) in [4.78, 5) is 35.8. The highest BCUT2D eigenvalue weighted by molar-refractivity contribution is 5.67. The second kappa shape index (κ2) is 8.60. The first-order chi connectivity index (χ1) is 17.5. The molecule has 0 spiro atoms. The maximum absolute atomic E-state index is 15.6. The van der Waals surface area contributed by atoms with Gasteiger partial charge in [0.25, 0.3) is 5.56 Å². The summed E-state index contributed by atoms with van der Waals surface area (Å²) in [7, 11) is 0. The molecule has 1 saturated carbocycles. The van der Waals surface area contributed by atoms with E-state index in [0.29, 0.717) is 16.7 Å². The van der Waals surface area contributed by atoms with Crippen molar-refractivity contribution in [1.82, 2.24) is 34.3 Å². The molecule has 1 fully saturated rings. The average Bonchev–Trinajstić information content (AvgIpc) is 3.38. The van der Waals surface area contributed by atoms with E-state index in [2.05, 4.69) is 36.9 Å². The van der Waals surface area contributed by atoms with Crippen LogP contribution in [0.1, 0.15) is 29.2 Å². The number of aromatic nitrogens is 7. The van der Waals surface area contributed by atoms with Crippen molar-refractivity contribution in [3.63, 3.8) is 0 Å². The van der Waals surface area contributed by atoms with E-state index in [1.54, 1.807) is 0 Å². The SMILES string of the molecule is C=N/C(=C(/F)c1c(C)cnn1CC(F)(F)F)[C@H]1C[C@@H]1c1cc(-c2c[nH]c(=O)[nH]c2=O)nn2c(F)cnc12. The molecule has 0 unspecified atom stereocenters.